The van der Waals surface area contributed by atoms with Crippen molar-refractivity contribution < 1.29 is 27.9 Å². The number of carbonyl (C=O) groups excluding carboxylic acids is 1. The fraction of sp³-hybridized carbons (Fsp3) is 0.600. The van der Waals surface area contributed by atoms with Crippen molar-refractivity contribution in [3.05, 3.63) is 11.9 Å². The summed E-state index contributed by atoms with van der Waals surface area (Å²) in [6.45, 7) is -1.10. The minimum absolute atomic E-state index is 0.202. The number of hydrogen-bond acceptors (Lipinski definition) is 5. The molecule has 2 rings (SSSR count). The minimum atomic E-state index is -4.36. The molecule has 21 heavy (non-hydrogen) atoms. The normalized spacial score (nSPS) is 15.9. The molecule has 1 aromatic rings. The fourth-order valence-corrected chi connectivity index (χ4v) is 1.80. The number of carbonyl (C=O) groups is 2. The Labute approximate surface area is 116 Å². The Bertz CT molecular complexity index is 538. The van der Waals surface area contributed by atoms with Gasteiger partial charge in [-0.05, 0) is 0 Å². The molecule has 0 saturated carbocycles. The van der Waals surface area contributed by atoms with Crippen LogP contribution in [0.1, 0.15) is 16.5 Å². The summed E-state index contributed by atoms with van der Waals surface area (Å²) >= 11 is 0. The van der Waals surface area contributed by atoms with Gasteiger partial charge >= 0.3 is 12.1 Å². The van der Waals surface area contributed by atoms with Gasteiger partial charge in [0, 0.05) is 13.1 Å². The van der Waals surface area contributed by atoms with Crippen LogP contribution in [0.5, 0.6) is 0 Å². The van der Waals surface area contributed by atoms with Crippen LogP contribution in [-0.2, 0) is 4.79 Å². The highest BCUT2D eigenvalue weighted by molar-refractivity contribution is 5.84. The molecule has 1 saturated heterocycles. The molecular weight excluding hydrogens is 295 g/mol. The highest BCUT2D eigenvalue weighted by Crippen LogP contribution is 2.20. The Morgan fingerprint density at radius 1 is 1.43 bits per heavy atom. The van der Waals surface area contributed by atoms with Crippen LogP contribution in [0.3, 0.4) is 0 Å². The number of likely N-dealkylation sites (tertiary alicyclic amines) is 1. The first-order valence-electron chi connectivity index (χ1n) is 5.96. The molecule has 1 aromatic heterocycles. The van der Waals surface area contributed by atoms with Gasteiger partial charge in [-0.2, -0.15) is 13.2 Å². The zero-order valence-corrected chi connectivity index (χ0v) is 10.7. The maximum atomic E-state index is 11.9. The number of nitrogens with one attached hydrogen (secondary N) is 1. The number of aromatic nitrogens is 3. The molecule has 1 aliphatic rings. The molecule has 0 unspecified atom stereocenters. The van der Waals surface area contributed by atoms with Crippen LogP contribution in [-0.4, -0.2) is 69.2 Å². The van der Waals surface area contributed by atoms with Crippen molar-refractivity contribution in [1.29, 1.82) is 0 Å². The highest BCUT2D eigenvalue weighted by Gasteiger charge is 2.33. The lowest BCUT2D eigenvalue weighted by Gasteiger charge is -2.38. The van der Waals surface area contributed by atoms with Crippen molar-refractivity contribution in [2.45, 2.75) is 12.2 Å². The Morgan fingerprint density at radius 3 is 2.62 bits per heavy atom. The second-order valence-electron chi connectivity index (χ2n) is 4.56. The average Bonchev–Trinajstić information content (AvgIpc) is 2.74. The van der Waals surface area contributed by atoms with Crippen molar-refractivity contribution in [3.8, 4) is 0 Å². The zero-order chi connectivity index (χ0) is 15.6. The predicted molar refractivity (Wildman–Crippen MR) is 61.5 cm³/mol. The number of carboxylic acid groups (broad SMARTS) is 1. The monoisotopic (exact) mass is 307 g/mol. The van der Waals surface area contributed by atoms with Crippen molar-refractivity contribution >= 4 is 11.9 Å². The highest BCUT2D eigenvalue weighted by atomic mass is 19.4. The molecule has 2 heterocycles. The Hall–Kier alpha value is -2.17. The van der Waals surface area contributed by atoms with E-state index in [4.69, 9.17) is 5.11 Å². The summed E-state index contributed by atoms with van der Waals surface area (Å²) in [5.74, 6) is -1.65. The average molecular weight is 307 g/mol. The van der Waals surface area contributed by atoms with E-state index in [9.17, 15) is 22.8 Å². The van der Waals surface area contributed by atoms with Crippen LogP contribution in [0.2, 0.25) is 0 Å². The molecule has 0 bridgehead atoms. The van der Waals surface area contributed by atoms with E-state index < -0.39 is 31.1 Å². The lowest BCUT2D eigenvalue weighted by molar-refractivity contribution is -0.139. The molecule has 116 valence electrons. The number of rotatable bonds is 5. The van der Waals surface area contributed by atoms with Gasteiger partial charge in [0.05, 0.1) is 25.3 Å². The van der Waals surface area contributed by atoms with Crippen LogP contribution in [0.25, 0.3) is 0 Å². The molecule has 0 aromatic carbocycles. The maximum Gasteiger partial charge on any atom is 0.401 e. The summed E-state index contributed by atoms with van der Waals surface area (Å²) in [7, 11) is 0. The Morgan fingerprint density at radius 2 is 2.10 bits per heavy atom. The molecule has 0 atom stereocenters. The third kappa shape index (κ3) is 3.90. The summed E-state index contributed by atoms with van der Waals surface area (Å²) in [4.78, 5) is 23.5. The summed E-state index contributed by atoms with van der Waals surface area (Å²) in [6, 6.07) is -0.211. The molecule has 1 aliphatic heterocycles. The summed E-state index contributed by atoms with van der Waals surface area (Å²) < 4.78 is 37.0. The lowest BCUT2D eigenvalue weighted by Crippen LogP contribution is -2.53. The van der Waals surface area contributed by atoms with Crippen molar-refractivity contribution in [2.75, 3.05) is 26.2 Å². The van der Waals surface area contributed by atoms with Crippen LogP contribution in [0.4, 0.5) is 13.2 Å². The Kier molecular flexibility index (Phi) is 4.11. The molecule has 8 nitrogen and oxygen atoms in total. The van der Waals surface area contributed by atoms with Gasteiger partial charge in [-0.1, -0.05) is 5.21 Å². The van der Waals surface area contributed by atoms with Gasteiger partial charge in [-0.15, -0.1) is 5.10 Å². The van der Waals surface area contributed by atoms with E-state index in [0.717, 1.165) is 0 Å². The van der Waals surface area contributed by atoms with Gasteiger partial charge in [0.2, 0.25) is 5.91 Å². The van der Waals surface area contributed by atoms with Gasteiger partial charge in [-0.25, -0.2) is 9.48 Å². The second kappa shape index (κ2) is 5.68. The SMILES string of the molecule is O=C(O)c1cn(C2CN(C(=O)CNCC(F)(F)F)C2)nn1. The van der Waals surface area contributed by atoms with Crippen molar-refractivity contribution in [2.24, 2.45) is 0 Å². The van der Waals surface area contributed by atoms with E-state index in [1.165, 1.54) is 15.8 Å². The Balaban J connectivity index is 1.75. The van der Waals surface area contributed by atoms with E-state index >= 15 is 0 Å². The van der Waals surface area contributed by atoms with Crippen molar-refractivity contribution in [1.82, 2.24) is 25.2 Å². The molecule has 0 spiro atoms. The first-order valence-corrected chi connectivity index (χ1v) is 5.96. The summed E-state index contributed by atoms with van der Waals surface area (Å²) in [5, 5.41) is 17.8. The van der Waals surface area contributed by atoms with Gasteiger partial charge in [-0.3, -0.25) is 4.79 Å². The maximum absolute atomic E-state index is 11.9. The third-order valence-electron chi connectivity index (χ3n) is 2.92. The predicted octanol–water partition coefficient (Wildman–Crippen LogP) is -0.489. The molecule has 11 heteroatoms. The molecule has 0 aliphatic carbocycles. The van der Waals surface area contributed by atoms with Crippen LogP contribution in [0, 0.1) is 0 Å². The van der Waals surface area contributed by atoms with Crippen LogP contribution >= 0.6 is 0 Å². The molecule has 2 N–H and O–H groups in total. The minimum Gasteiger partial charge on any atom is -0.476 e. The van der Waals surface area contributed by atoms with E-state index in [1.54, 1.807) is 0 Å². The molecular formula is C10H12F3N5O3. The largest absolute Gasteiger partial charge is 0.476 e. The standard InChI is InChI=1S/C10H12F3N5O3/c11-10(12,13)5-14-1-8(19)17-2-6(3-17)18-4-7(9(20)21)15-16-18/h4,6,14H,1-3,5H2,(H,20,21). The first kappa shape index (κ1) is 15.2. The smallest absolute Gasteiger partial charge is 0.401 e. The van der Waals surface area contributed by atoms with Crippen LogP contribution < -0.4 is 5.32 Å². The van der Waals surface area contributed by atoms with Crippen LogP contribution in [0.15, 0.2) is 6.20 Å². The number of hydrogen-bond donors (Lipinski definition) is 2. The number of amides is 1. The summed E-state index contributed by atoms with van der Waals surface area (Å²) in [6.07, 6.45) is -3.11. The van der Waals surface area contributed by atoms with E-state index in [1.807, 2.05) is 5.32 Å². The van der Waals surface area contributed by atoms with E-state index in [2.05, 4.69) is 10.3 Å². The molecule has 1 amide bonds. The first-order chi connectivity index (χ1) is 9.76. The number of aromatic carboxylic acids is 1. The fourth-order valence-electron chi connectivity index (χ4n) is 1.80. The lowest BCUT2D eigenvalue weighted by atomic mass is 10.1. The molecule has 0 radical (unpaired) electrons. The zero-order valence-electron chi connectivity index (χ0n) is 10.7. The number of carboxylic acids is 1. The van der Waals surface area contributed by atoms with Gasteiger partial charge in [0.15, 0.2) is 5.69 Å². The molecule has 1 fully saturated rings. The van der Waals surface area contributed by atoms with Gasteiger partial charge in [0.25, 0.3) is 0 Å². The number of nitrogens with zero attached hydrogens (tertiary/aromatic N) is 4. The second-order valence-corrected chi connectivity index (χ2v) is 4.56. The summed E-state index contributed by atoms with van der Waals surface area (Å²) in [5.41, 5.74) is -0.202. The topological polar surface area (TPSA) is 100 Å². The third-order valence-corrected chi connectivity index (χ3v) is 2.92. The number of alkyl halides is 3. The van der Waals surface area contributed by atoms with Gasteiger partial charge < -0.3 is 15.3 Å². The van der Waals surface area contributed by atoms with E-state index in [0.29, 0.717) is 0 Å². The number of halogens is 3. The quantitative estimate of drug-likeness (QED) is 0.761. The van der Waals surface area contributed by atoms with Crippen molar-refractivity contribution in [3.63, 3.8) is 0 Å². The van der Waals surface area contributed by atoms with E-state index in [-0.39, 0.29) is 24.8 Å². The van der Waals surface area contributed by atoms with Gasteiger partial charge in [0.1, 0.15) is 0 Å².